The fourth-order valence-electron chi connectivity index (χ4n) is 1.53. The van der Waals surface area contributed by atoms with Gasteiger partial charge in [-0.2, -0.15) is 0 Å². The van der Waals surface area contributed by atoms with E-state index < -0.39 is 0 Å². The van der Waals surface area contributed by atoms with Crippen LogP contribution in [0, 0.1) is 0 Å². The van der Waals surface area contributed by atoms with Gasteiger partial charge in [-0.05, 0) is 37.7 Å². The smallest absolute Gasteiger partial charge is 0.161 e. The Morgan fingerprint density at radius 3 is 2.44 bits per heavy atom. The fourth-order valence-corrected chi connectivity index (χ4v) is 1.53. The molecule has 0 aliphatic rings. The van der Waals surface area contributed by atoms with Gasteiger partial charge in [-0.15, -0.1) is 12.4 Å². The molecule has 0 atom stereocenters. The van der Waals surface area contributed by atoms with Crippen molar-refractivity contribution in [1.29, 1.82) is 0 Å². The number of hydrogen-bond acceptors (Lipinski definition) is 4. The first kappa shape index (κ1) is 16.5. The van der Waals surface area contributed by atoms with E-state index in [0.717, 1.165) is 12.1 Å². The largest absolute Gasteiger partial charge is 0.493 e. The average molecular weight is 272 g/mol. The molecule has 0 aromatic heterocycles. The van der Waals surface area contributed by atoms with Gasteiger partial charge in [-0.3, -0.25) is 0 Å². The third-order valence-corrected chi connectivity index (χ3v) is 2.48. The van der Waals surface area contributed by atoms with Crippen molar-refractivity contribution in [2.24, 2.45) is 0 Å². The SMILES string of the molecule is CNCCC(=C=O)c1ccc(OC)c(OC)c1.Cl. The van der Waals surface area contributed by atoms with Gasteiger partial charge in [0.1, 0.15) is 5.94 Å². The molecule has 0 aliphatic carbocycles. The Balaban J connectivity index is 0.00000289. The van der Waals surface area contributed by atoms with Crippen LogP contribution in [-0.4, -0.2) is 33.8 Å². The van der Waals surface area contributed by atoms with Crippen LogP contribution in [0.1, 0.15) is 12.0 Å². The fraction of sp³-hybridized carbons (Fsp3) is 0.385. The number of ether oxygens (including phenoxy) is 2. The van der Waals surface area contributed by atoms with Crippen LogP contribution < -0.4 is 14.8 Å². The van der Waals surface area contributed by atoms with E-state index in [4.69, 9.17) is 9.47 Å². The molecule has 1 aromatic rings. The molecule has 0 aliphatic heterocycles. The number of rotatable bonds is 6. The first-order valence-corrected chi connectivity index (χ1v) is 5.37. The second-order valence-electron chi connectivity index (χ2n) is 3.50. The van der Waals surface area contributed by atoms with E-state index in [9.17, 15) is 4.79 Å². The Bertz CT molecular complexity index is 428. The normalized spacial score (nSPS) is 9.06. The van der Waals surface area contributed by atoms with Gasteiger partial charge in [-0.25, -0.2) is 4.79 Å². The molecular weight excluding hydrogens is 254 g/mol. The Morgan fingerprint density at radius 1 is 1.28 bits per heavy atom. The van der Waals surface area contributed by atoms with Gasteiger partial charge in [0.15, 0.2) is 11.5 Å². The van der Waals surface area contributed by atoms with E-state index in [1.807, 2.05) is 19.1 Å². The predicted octanol–water partition coefficient (Wildman–Crippen LogP) is 1.95. The standard InChI is InChI=1S/C13H17NO3.ClH/c1-14-7-6-11(9-15)10-4-5-12(16-2)13(8-10)17-3;/h4-5,8,14H,6-7H2,1-3H3;1H. The molecule has 4 nitrogen and oxygen atoms in total. The van der Waals surface area contributed by atoms with E-state index in [1.54, 1.807) is 26.4 Å². The summed E-state index contributed by atoms with van der Waals surface area (Å²) in [6, 6.07) is 5.40. The zero-order valence-corrected chi connectivity index (χ0v) is 11.6. The summed E-state index contributed by atoms with van der Waals surface area (Å²) in [4.78, 5) is 10.9. The molecule has 0 saturated carbocycles. The van der Waals surface area contributed by atoms with Crippen LogP contribution in [0.3, 0.4) is 0 Å². The van der Waals surface area contributed by atoms with Crippen LogP contribution in [0.25, 0.3) is 5.57 Å². The summed E-state index contributed by atoms with van der Waals surface area (Å²) >= 11 is 0. The summed E-state index contributed by atoms with van der Waals surface area (Å²) < 4.78 is 10.3. The number of methoxy groups -OCH3 is 2. The molecule has 1 rings (SSSR count). The summed E-state index contributed by atoms with van der Waals surface area (Å²) in [5, 5.41) is 3.00. The first-order chi connectivity index (χ1) is 8.26. The van der Waals surface area contributed by atoms with Crippen molar-refractivity contribution in [1.82, 2.24) is 5.32 Å². The summed E-state index contributed by atoms with van der Waals surface area (Å²) in [5.74, 6) is 3.23. The quantitative estimate of drug-likeness (QED) is 0.804. The van der Waals surface area contributed by atoms with Crippen molar-refractivity contribution in [3.05, 3.63) is 23.8 Å². The van der Waals surface area contributed by atoms with Crippen LogP contribution in [0.4, 0.5) is 0 Å². The number of carbonyl (C=O) groups excluding carboxylic acids is 1. The van der Waals surface area contributed by atoms with Gasteiger partial charge in [0, 0.05) is 5.57 Å². The highest BCUT2D eigenvalue weighted by molar-refractivity contribution is 5.88. The van der Waals surface area contributed by atoms with E-state index in [0.29, 0.717) is 23.5 Å². The lowest BCUT2D eigenvalue weighted by molar-refractivity contribution is 0.355. The molecule has 0 spiro atoms. The molecule has 18 heavy (non-hydrogen) atoms. The van der Waals surface area contributed by atoms with Crippen molar-refractivity contribution in [2.75, 3.05) is 27.8 Å². The third-order valence-electron chi connectivity index (χ3n) is 2.48. The number of nitrogens with one attached hydrogen (secondary N) is 1. The average Bonchev–Trinajstić information content (AvgIpc) is 2.39. The zero-order chi connectivity index (χ0) is 12.7. The van der Waals surface area contributed by atoms with Crippen LogP contribution >= 0.6 is 12.4 Å². The van der Waals surface area contributed by atoms with Gasteiger partial charge >= 0.3 is 0 Å². The second-order valence-corrected chi connectivity index (χ2v) is 3.50. The maximum Gasteiger partial charge on any atom is 0.161 e. The molecule has 0 heterocycles. The number of halogens is 1. The lowest BCUT2D eigenvalue weighted by Gasteiger charge is -2.10. The minimum Gasteiger partial charge on any atom is -0.493 e. The van der Waals surface area contributed by atoms with Crippen molar-refractivity contribution in [3.63, 3.8) is 0 Å². The summed E-state index contributed by atoms with van der Waals surface area (Å²) in [5.41, 5.74) is 1.44. The van der Waals surface area contributed by atoms with Crippen LogP contribution in [-0.2, 0) is 4.79 Å². The summed E-state index contributed by atoms with van der Waals surface area (Å²) in [7, 11) is 4.99. The zero-order valence-electron chi connectivity index (χ0n) is 10.8. The van der Waals surface area contributed by atoms with Crippen LogP contribution in [0.5, 0.6) is 11.5 Å². The molecule has 5 heteroatoms. The van der Waals surface area contributed by atoms with Gasteiger partial charge in [0.05, 0.1) is 14.2 Å². The number of hydrogen-bond donors (Lipinski definition) is 1. The molecule has 100 valence electrons. The topological polar surface area (TPSA) is 47.6 Å². The molecule has 1 N–H and O–H groups in total. The molecule has 0 bridgehead atoms. The molecule has 0 fully saturated rings. The van der Waals surface area contributed by atoms with Crippen molar-refractivity contribution >= 4 is 23.9 Å². The van der Waals surface area contributed by atoms with Crippen LogP contribution in [0.2, 0.25) is 0 Å². The molecule has 1 aromatic carbocycles. The lowest BCUT2D eigenvalue weighted by Crippen LogP contribution is -2.08. The van der Waals surface area contributed by atoms with Gasteiger partial charge in [0.25, 0.3) is 0 Å². The Hall–Kier alpha value is -1.48. The summed E-state index contributed by atoms with van der Waals surface area (Å²) in [6.45, 7) is 0.735. The van der Waals surface area contributed by atoms with Gasteiger partial charge in [0.2, 0.25) is 0 Å². The van der Waals surface area contributed by atoms with Crippen LogP contribution in [0.15, 0.2) is 18.2 Å². The predicted molar refractivity (Wildman–Crippen MR) is 74.4 cm³/mol. The lowest BCUT2D eigenvalue weighted by atomic mass is 10.0. The van der Waals surface area contributed by atoms with E-state index in [-0.39, 0.29) is 12.4 Å². The van der Waals surface area contributed by atoms with Crippen molar-refractivity contribution in [2.45, 2.75) is 6.42 Å². The summed E-state index contributed by atoms with van der Waals surface area (Å²) in [6.07, 6.45) is 0.634. The molecule has 0 unspecified atom stereocenters. The monoisotopic (exact) mass is 271 g/mol. The molecule has 0 radical (unpaired) electrons. The first-order valence-electron chi connectivity index (χ1n) is 5.37. The Kier molecular flexibility index (Phi) is 7.88. The third kappa shape index (κ3) is 4.08. The Morgan fingerprint density at radius 2 is 1.94 bits per heavy atom. The Labute approximate surface area is 113 Å². The van der Waals surface area contributed by atoms with E-state index in [1.165, 1.54) is 0 Å². The molecule has 0 saturated heterocycles. The van der Waals surface area contributed by atoms with Gasteiger partial charge < -0.3 is 14.8 Å². The molecule has 0 amide bonds. The van der Waals surface area contributed by atoms with E-state index >= 15 is 0 Å². The minimum absolute atomic E-state index is 0. The van der Waals surface area contributed by atoms with Crippen molar-refractivity contribution < 1.29 is 14.3 Å². The highest BCUT2D eigenvalue weighted by Gasteiger charge is 2.08. The highest BCUT2D eigenvalue weighted by Crippen LogP contribution is 2.30. The minimum atomic E-state index is 0. The number of benzene rings is 1. The highest BCUT2D eigenvalue weighted by atomic mass is 35.5. The maximum atomic E-state index is 10.9. The van der Waals surface area contributed by atoms with Gasteiger partial charge in [-0.1, -0.05) is 6.07 Å². The second kappa shape index (κ2) is 8.59. The molecular formula is C13H18ClNO3. The maximum absolute atomic E-state index is 10.9. The van der Waals surface area contributed by atoms with Crippen molar-refractivity contribution in [3.8, 4) is 11.5 Å². The van der Waals surface area contributed by atoms with E-state index in [2.05, 4.69) is 5.32 Å².